The van der Waals surface area contributed by atoms with Crippen LogP contribution in [0.15, 0.2) is 24.3 Å². The second kappa shape index (κ2) is 6.52. The Morgan fingerprint density at radius 1 is 1.22 bits per heavy atom. The molecular weight excluding hydrogens is 341 g/mol. The molecule has 3 nitrogen and oxygen atoms in total. The van der Waals surface area contributed by atoms with Gasteiger partial charge in [-0.2, -0.15) is 0 Å². The zero-order valence-corrected chi connectivity index (χ0v) is 12.4. The van der Waals surface area contributed by atoms with Crippen LogP contribution < -0.4 is 5.32 Å². The highest BCUT2D eigenvalue weighted by Crippen LogP contribution is 2.22. The number of nitrogens with one attached hydrogen (secondary N) is 1. The summed E-state index contributed by atoms with van der Waals surface area (Å²) in [4.78, 5) is 11.4. The second-order valence-corrected chi connectivity index (χ2v) is 6.07. The van der Waals surface area contributed by atoms with Gasteiger partial charge in [-0.15, -0.1) is 0 Å². The molecule has 18 heavy (non-hydrogen) atoms. The van der Waals surface area contributed by atoms with E-state index < -0.39 is 12.0 Å². The van der Waals surface area contributed by atoms with Gasteiger partial charge in [0.1, 0.15) is 6.04 Å². The van der Waals surface area contributed by atoms with E-state index in [1.807, 2.05) is 24.3 Å². The third kappa shape index (κ3) is 3.68. The molecule has 98 valence electrons. The summed E-state index contributed by atoms with van der Waals surface area (Å²) < 4.78 is 1.12. The van der Waals surface area contributed by atoms with Crippen LogP contribution in [-0.2, 0) is 4.79 Å². The van der Waals surface area contributed by atoms with Gasteiger partial charge in [-0.3, -0.25) is 10.1 Å². The van der Waals surface area contributed by atoms with Gasteiger partial charge in [0.25, 0.3) is 0 Å². The highest BCUT2D eigenvalue weighted by molar-refractivity contribution is 14.1. The first-order valence-electron chi connectivity index (χ1n) is 6.41. The molecule has 1 atom stereocenters. The molecule has 0 spiro atoms. The summed E-state index contributed by atoms with van der Waals surface area (Å²) in [6.45, 7) is 0. The Morgan fingerprint density at radius 3 is 2.39 bits per heavy atom. The van der Waals surface area contributed by atoms with Gasteiger partial charge in [-0.25, -0.2) is 0 Å². The quantitative estimate of drug-likeness (QED) is 0.811. The minimum Gasteiger partial charge on any atom is -0.480 e. The van der Waals surface area contributed by atoms with Crippen LogP contribution >= 0.6 is 22.6 Å². The Labute approximate surface area is 121 Å². The summed E-state index contributed by atoms with van der Waals surface area (Å²) in [5, 5.41) is 12.7. The van der Waals surface area contributed by atoms with Crippen molar-refractivity contribution in [1.82, 2.24) is 5.32 Å². The number of carboxylic acids is 1. The van der Waals surface area contributed by atoms with Gasteiger partial charge in [0.15, 0.2) is 0 Å². The number of rotatable bonds is 4. The monoisotopic (exact) mass is 359 g/mol. The molecule has 0 radical (unpaired) electrons. The average molecular weight is 359 g/mol. The first kappa shape index (κ1) is 13.8. The van der Waals surface area contributed by atoms with Crippen molar-refractivity contribution in [2.45, 2.75) is 44.2 Å². The van der Waals surface area contributed by atoms with Crippen molar-refractivity contribution in [2.24, 2.45) is 0 Å². The SMILES string of the molecule is O=C(O)C(NC1CCCCC1)c1ccc(I)cc1. The van der Waals surface area contributed by atoms with Crippen molar-refractivity contribution >= 4 is 28.6 Å². The topological polar surface area (TPSA) is 49.3 Å². The molecule has 1 fully saturated rings. The van der Waals surface area contributed by atoms with E-state index in [9.17, 15) is 9.90 Å². The fourth-order valence-electron chi connectivity index (χ4n) is 2.47. The number of hydrogen-bond donors (Lipinski definition) is 2. The molecule has 1 aromatic rings. The lowest BCUT2D eigenvalue weighted by Crippen LogP contribution is -2.38. The van der Waals surface area contributed by atoms with E-state index in [-0.39, 0.29) is 0 Å². The summed E-state index contributed by atoms with van der Waals surface area (Å²) in [5.41, 5.74) is 0.841. The predicted octanol–water partition coefficient (Wildman–Crippen LogP) is 3.34. The minimum atomic E-state index is -0.790. The molecular formula is C14H18INO2. The highest BCUT2D eigenvalue weighted by Gasteiger charge is 2.24. The maximum absolute atomic E-state index is 11.4. The van der Waals surface area contributed by atoms with E-state index in [0.717, 1.165) is 22.0 Å². The zero-order chi connectivity index (χ0) is 13.0. The smallest absolute Gasteiger partial charge is 0.325 e. The van der Waals surface area contributed by atoms with Crippen LogP contribution in [0.1, 0.15) is 43.7 Å². The standard InChI is InChI=1S/C14H18INO2/c15-11-8-6-10(7-9-11)13(14(17)18)16-12-4-2-1-3-5-12/h6-9,12-13,16H,1-5H2,(H,17,18). The number of carboxylic acid groups (broad SMARTS) is 1. The maximum atomic E-state index is 11.4. The summed E-state index contributed by atoms with van der Waals surface area (Å²) in [6.07, 6.45) is 5.87. The number of aliphatic carboxylic acids is 1. The van der Waals surface area contributed by atoms with Gasteiger partial charge in [0, 0.05) is 9.61 Å². The lowest BCUT2D eigenvalue weighted by molar-refractivity contribution is -0.140. The molecule has 1 unspecified atom stereocenters. The Morgan fingerprint density at radius 2 is 1.83 bits per heavy atom. The van der Waals surface area contributed by atoms with Crippen molar-refractivity contribution in [3.8, 4) is 0 Å². The molecule has 1 saturated carbocycles. The molecule has 0 aromatic heterocycles. The number of benzene rings is 1. The third-order valence-electron chi connectivity index (χ3n) is 3.46. The molecule has 4 heteroatoms. The van der Waals surface area contributed by atoms with Gasteiger partial charge >= 0.3 is 5.97 Å². The Bertz CT molecular complexity index is 399. The molecule has 0 amide bonds. The van der Waals surface area contributed by atoms with Gasteiger partial charge in [-0.05, 0) is 53.1 Å². The van der Waals surface area contributed by atoms with Gasteiger partial charge in [0.2, 0.25) is 0 Å². The Kier molecular flexibility index (Phi) is 5.00. The molecule has 1 aromatic carbocycles. The second-order valence-electron chi connectivity index (χ2n) is 4.82. The van der Waals surface area contributed by atoms with Crippen LogP contribution in [0.25, 0.3) is 0 Å². The minimum absolute atomic E-state index is 0.346. The zero-order valence-electron chi connectivity index (χ0n) is 10.2. The molecule has 1 aliphatic rings. The number of halogens is 1. The largest absolute Gasteiger partial charge is 0.480 e. The van der Waals surface area contributed by atoms with E-state index >= 15 is 0 Å². The fourth-order valence-corrected chi connectivity index (χ4v) is 2.83. The molecule has 0 bridgehead atoms. The normalized spacial score (nSPS) is 18.5. The Hall–Kier alpha value is -0.620. The van der Waals surface area contributed by atoms with Gasteiger partial charge in [0.05, 0.1) is 0 Å². The summed E-state index contributed by atoms with van der Waals surface area (Å²) in [7, 11) is 0. The van der Waals surface area contributed by atoms with Crippen molar-refractivity contribution in [3.63, 3.8) is 0 Å². The third-order valence-corrected chi connectivity index (χ3v) is 4.18. The summed E-state index contributed by atoms with van der Waals surface area (Å²) in [5.74, 6) is -0.790. The van der Waals surface area contributed by atoms with Crippen LogP contribution in [0.2, 0.25) is 0 Å². The van der Waals surface area contributed by atoms with E-state index in [0.29, 0.717) is 6.04 Å². The average Bonchev–Trinajstić information content (AvgIpc) is 2.38. The van der Waals surface area contributed by atoms with Crippen LogP contribution in [0, 0.1) is 3.57 Å². The van der Waals surface area contributed by atoms with Crippen LogP contribution in [0.3, 0.4) is 0 Å². The molecule has 0 aliphatic heterocycles. The lowest BCUT2D eigenvalue weighted by atomic mass is 9.94. The van der Waals surface area contributed by atoms with E-state index in [1.54, 1.807) is 0 Å². The van der Waals surface area contributed by atoms with Crippen molar-refractivity contribution < 1.29 is 9.90 Å². The van der Waals surface area contributed by atoms with Crippen LogP contribution in [0.4, 0.5) is 0 Å². The number of hydrogen-bond acceptors (Lipinski definition) is 2. The van der Waals surface area contributed by atoms with Crippen LogP contribution in [-0.4, -0.2) is 17.1 Å². The van der Waals surface area contributed by atoms with Gasteiger partial charge < -0.3 is 5.11 Å². The van der Waals surface area contributed by atoms with E-state index in [2.05, 4.69) is 27.9 Å². The Balaban J connectivity index is 2.07. The molecule has 2 rings (SSSR count). The first-order valence-corrected chi connectivity index (χ1v) is 7.49. The first-order chi connectivity index (χ1) is 8.66. The molecule has 0 heterocycles. The van der Waals surface area contributed by atoms with Crippen molar-refractivity contribution in [2.75, 3.05) is 0 Å². The molecule has 1 aliphatic carbocycles. The highest BCUT2D eigenvalue weighted by atomic mass is 127. The van der Waals surface area contributed by atoms with E-state index in [1.165, 1.54) is 19.3 Å². The maximum Gasteiger partial charge on any atom is 0.325 e. The fraction of sp³-hybridized carbons (Fsp3) is 0.500. The molecule has 2 N–H and O–H groups in total. The summed E-state index contributed by atoms with van der Waals surface area (Å²) >= 11 is 2.22. The lowest BCUT2D eigenvalue weighted by Gasteiger charge is -2.26. The van der Waals surface area contributed by atoms with E-state index in [4.69, 9.17) is 0 Å². The van der Waals surface area contributed by atoms with Crippen molar-refractivity contribution in [1.29, 1.82) is 0 Å². The van der Waals surface area contributed by atoms with Crippen molar-refractivity contribution in [3.05, 3.63) is 33.4 Å². The predicted molar refractivity (Wildman–Crippen MR) is 79.5 cm³/mol. The van der Waals surface area contributed by atoms with Crippen LogP contribution in [0.5, 0.6) is 0 Å². The summed E-state index contributed by atoms with van der Waals surface area (Å²) in [6, 6.07) is 7.47. The van der Waals surface area contributed by atoms with Gasteiger partial charge in [-0.1, -0.05) is 31.4 Å². The number of carbonyl (C=O) groups is 1. The molecule has 0 saturated heterocycles.